The number of benzene rings is 1. The Kier molecular flexibility index (Phi) is 4.40. The van der Waals surface area contributed by atoms with Crippen LogP contribution in [0.3, 0.4) is 0 Å². The summed E-state index contributed by atoms with van der Waals surface area (Å²) < 4.78 is 58.9. The third-order valence-electron chi connectivity index (χ3n) is 2.05. The summed E-state index contributed by atoms with van der Waals surface area (Å²) in [7, 11) is -3.98. The minimum absolute atomic E-state index is 0.177. The van der Waals surface area contributed by atoms with Crippen LogP contribution in [0.25, 0.3) is 0 Å². The second-order valence-corrected chi connectivity index (χ2v) is 5.71. The van der Waals surface area contributed by atoms with E-state index in [2.05, 4.69) is 0 Å². The van der Waals surface area contributed by atoms with Crippen molar-refractivity contribution in [1.82, 2.24) is 5.32 Å². The Morgan fingerprint density at radius 3 is 2.21 bits per heavy atom. The van der Waals surface area contributed by atoms with E-state index in [0.717, 1.165) is 0 Å². The van der Waals surface area contributed by atoms with Gasteiger partial charge in [-0.05, 0) is 24.3 Å². The Morgan fingerprint density at radius 1 is 1.21 bits per heavy atom. The number of hydrogen-bond acceptors (Lipinski definition) is 4. The second-order valence-electron chi connectivity index (χ2n) is 3.72. The van der Waals surface area contributed by atoms with Gasteiger partial charge in [-0.3, -0.25) is 4.79 Å². The number of hydrogen-bond donors (Lipinski definition) is 2. The van der Waals surface area contributed by atoms with E-state index in [1.807, 2.05) is 0 Å². The maximum Gasteiger partial charge on any atom is 0.405 e. The molecule has 19 heavy (non-hydrogen) atoms. The van der Waals surface area contributed by atoms with E-state index in [9.17, 15) is 26.4 Å². The smallest absolute Gasteiger partial charge is 0.399 e. The zero-order chi connectivity index (χ0) is 14.7. The summed E-state index contributed by atoms with van der Waals surface area (Å²) in [4.78, 5) is 11.0. The van der Waals surface area contributed by atoms with Crippen molar-refractivity contribution in [2.24, 2.45) is 0 Å². The van der Waals surface area contributed by atoms with Gasteiger partial charge in [-0.1, -0.05) is 0 Å². The zero-order valence-electron chi connectivity index (χ0n) is 9.57. The largest absolute Gasteiger partial charge is 0.405 e. The third-order valence-corrected chi connectivity index (χ3v) is 3.68. The molecule has 1 aromatic rings. The molecule has 106 valence electrons. The molecule has 0 radical (unpaired) electrons. The maximum atomic E-state index is 11.8. The number of nitrogens with two attached hydrogens (primary N) is 1. The number of carbonyl (C=O) groups excluding carboxylic acids is 1. The summed E-state index contributed by atoms with van der Waals surface area (Å²) in [5.74, 6) is -2.26. The van der Waals surface area contributed by atoms with Crippen LogP contribution in [0.5, 0.6) is 0 Å². The van der Waals surface area contributed by atoms with Crippen molar-refractivity contribution >= 4 is 21.4 Å². The van der Waals surface area contributed by atoms with E-state index in [1.54, 1.807) is 0 Å². The van der Waals surface area contributed by atoms with Gasteiger partial charge < -0.3 is 11.1 Å². The summed E-state index contributed by atoms with van der Waals surface area (Å²) in [5, 5.41) is 1.49. The number of rotatable bonds is 4. The van der Waals surface area contributed by atoms with E-state index in [0.29, 0.717) is 5.69 Å². The third kappa shape index (κ3) is 5.16. The average Bonchev–Trinajstić information content (AvgIpc) is 2.25. The minimum Gasteiger partial charge on any atom is -0.399 e. The number of sulfone groups is 1. The Bertz CT molecular complexity index is 552. The molecule has 1 rings (SSSR count). The predicted molar refractivity (Wildman–Crippen MR) is 62.0 cm³/mol. The first-order valence-electron chi connectivity index (χ1n) is 5.02. The van der Waals surface area contributed by atoms with Crippen LogP contribution >= 0.6 is 0 Å². The topological polar surface area (TPSA) is 89.3 Å². The minimum atomic E-state index is -4.58. The Morgan fingerprint density at radius 2 is 1.74 bits per heavy atom. The molecule has 0 aliphatic rings. The average molecular weight is 296 g/mol. The summed E-state index contributed by atoms with van der Waals surface area (Å²) in [6.07, 6.45) is -4.58. The van der Waals surface area contributed by atoms with Gasteiger partial charge in [0.1, 0.15) is 12.3 Å². The van der Waals surface area contributed by atoms with Crippen molar-refractivity contribution in [2.45, 2.75) is 11.1 Å². The molecule has 0 heterocycles. The molecular formula is C10H11F3N2O3S. The van der Waals surface area contributed by atoms with Gasteiger partial charge in [-0.15, -0.1) is 0 Å². The molecular weight excluding hydrogens is 285 g/mol. The fourth-order valence-corrected chi connectivity index (χ4v) is 2.35. The molecule has 0 aromatic heterocycles. The monoisotopic (exact) mass is 296 g/mol. The van der Waals surface area contributed by atoms with E-state index in [-0.39, 0.29) is 4.90 Å². The summed E-state index contributed by atoms with van der Waals surface area (Å²) in [6, 6.07) is 5.00. The summed E-state index contributed by atoms with van der Waals surface area (Å²) >= 11 is 0. The predicted octanol–water partition coefficient (Wildman–Crippen LogP) is 0.721. The van der Waals surface area contributed by atoms with Crippen molar-refractivity contribution in [3.63, 3.8) is 0 Å². The fourth-order valence-electron chi connectivity index (χ4n) is 1.18. The molecule has 0 atom stereocenters. The Balaban J connectivity index is 2.70. The van der Waals surface area contributed by atoms with Crippen LogP contribution in [-0.4, -0.2) is 32.8 Å². The Labute approximate surface area is 107 Å². The van der Waals surface area contributed by atoms with Crippen molar-refractivity contribution < 1.29 is 26.4 Å². The molecule has 0 saturated carbocycles. The molecule has 0 fully saturated rings. The normalized spacial score (nSPS) is 12.2. The fraction of sp³-hybridized carbons (Fsp3) is 0.300. The van der Waals surface area contributed by atoms with E-state index < -0.39 is 34.2 Å². The quantitative estimate of drug-likeness (QED) is 0.801. The molecule has 3 N–H and O–H groups in total. The SMILES string of the molecule is Nc1ccc(S(=O)(=O)CC(=O)NCC(F)(F)F)cc1. The van der Waals surface area contributed by atoms with Crippen LogP contribution in [0.2, 0.25) is 0 Å². The van der Waals surface area contributed by atoms with Gasteiger partial charge in [0.2, 0.25) is 5.91 Å². The summed E-state index contributed by atoms with van der Waals surface area (Å²) in [6.45, 7) is -1.57. The van der Waals surface area contributed by atoms with Gasteiger partial charge in [0.25, 0.3) is 0 Å². The number of halogens is 3. The number of carbonyl (C=O) groups is 1. The van der Waals surface area contributed by atoms with Gasteiger partial charge >= 0.3 is 6.18 Å². The van der Waals surface area contributed by atoms with Crippen molar-refractivity contribution in [3.05, 3.63) is 24.3 Å². The zero-order valence-corrected chi connectivity index (χ0v) is 10.4. The van der Waals surface area contributed by atoms with Gasteiger partial charge in [0.15, 0.2) is 9.84 Å². The molecule has 5 nitrogen and oxygen atoms in total. The van der Waals surface area contributed by atoms with Crippen LogP contribution in [0.15, 0.2) is 29.2 Å². The number of anilines is 1. The van der Waals surface area contributed by atoms with Crippen molar-refractivity contribution in [1.29, 1.82) is 0 Å². The highest BCUT2D eigenvalue weighted by molar-refractivity contribution is 7.92. The van der Waals surface area contributed by atoms with Crippen molar-refractivity contribution in [3.8, 4) is 0 Å². The first-order valence-corrected chi connectivity index (χ1v) is 6.67. The standard InChI is InChI=1S/C10H11F3N2O3S/c11-10(12,13)6-15-9(16)5-19(17,18)8-3-1-7(14)2-4-8/h1-4H,5-6,14H2,(H,15,16). The van der Waals surface area contributed by atoms with Crippen LogP contribution in [0.1, 0.15) is 0 Å². The Hall–Kier alpha value is -1.77. The van der Waals surface area contributed by atoms with Gasteiger partial charge in [-0.25, -0.2) is 8.42 Å². The second kappa shape index (κ2) is 5.47. The highest BCUT2D eigenvalue weighted by Crippen LogP contribution is 2.14. The molecule has 0 aliphatic heterocycles. The lowest BCUT2D eigenvalue weighted by Gasteiger charge is -2.09. The van der Waals surface area contributed by atoms with E-state index >= 15 is 0 Å². The molecule has 1 amide bonds. The molecule has 9 heteroatoms. The van der Waals surface area contributed by atoms with Crippen LogP contribution < -0.4 is 11.1 Å². The number of nitrogen functional groups attached to an aromatic ring is 1. The van der Waals surface area contributed by atoms with E-state index in [4.69, 9.17) is 5.73 Å². The van der Waals surface area contributed by atoms with Crippen molar-refractivity contribution in [2.75, 3.05) is 18.0 Å². The van der Waals surface area contributed by atoms with Gasteiger partial charge in [0.05, 0.1) is 4.90 Å². The highest BCUT2D eigenvalue weighted by Gasteiger charge is 2.29. The number of alkyl halides is 3. The van der Waals surface area contributed by atoms with E-state index in [1.165, 1.54) is 29.6 Å². The first-order chi connectivity index (χ1) is 8.60. The molecule has 0 spiro atoms. The van der Waals surface area contributed by atoms with Crippen LogP contribution in [0.4, 0.5) is 18.9 Å². The number of nitrogens with one attached hydrogen (secondary N) is 1. The molecule has 0 saturated heterocycles. The van der Waals surface area contributed by atoms with Gasteiger partial charge in [0, 0.05) is 5.69 Å². The summed E-state index contributed by atoms with van der Waals surface area (Å²) in [5.41, 5.74) is 5.70. The van der Waals surface area contributed by atoms with Gasteiger partial charge in [-0.2, -0.15) is 13.2 Å². The molecule has 1 aromatic carbocycles. The lowest BCUT2D eigenvalue weighted by atomic mass is 10.3. The highest BCUT2D eigenvalue weighted by atomic mass is 32.2. The lowest BCUT2D eigenvalue weighted by molar-refractivity contribution is -0.137. The van der Waals surface area contributed by atoms with Crippen LogP contribution in [-0.2, 0) is 14.6 Å². The van der Waals surface area contributed by atoms with Crippen LogP contribution in [0, 0.1) is 0 Å². The molecule has 0 aliphatic carbocycles. The first kappa shape index (κ1) is 15.3. The lowest BCUT2D eigenvalue weighted by Crippen LogP contribution is -2.37. The molecule has 0 unspecified atom stereocenters. The molecule has 0 bridgehead atoms. The number of amides is 1. The maximum absolute atomic E-state index is 11.8.